The van der Waals surface area contributed by atoms with E-state index >= 15 is 0 Å². The summed E-state index contributed by atoms with van der Waals surface area (Å²) in [6.45, 7) is 7.99. The summed E-state index contributed by atoms with van der Waals surface area (Å²) in [6.07, 6.45) is 0. The van der Waals surface area contributed by atoms with Gasteiger partial charge in [-0.3, -0.25) is 9.59 Å². The Morgan fingerprint density at radius 2 is 1.67 bits per heavy atom. The highest BCUT2D eigenvalue weighted by Gasteiger charge is 2.26. The third-order valence-electron chi connectivity index (χ3n) is 2.01. The van der Waals surface area contributed by atoms with Gasteiger partial charge >= 0.3 is 0 Å². The maximum absolute atomic E-state index is 11.5. The molecule has 0 aromatic rings. The van der Waals surface area contributed by atoms with Crippen LogP contribution in [0.3, 0.4) is 0 Å². The van der Waals surface area contributed by atoms with Crippen LogP contribution in [0.2, 0.25) is 0 Å². The third-order valence-corrected chi connectivity index (χ3v) is 2.01. The van der Waals surface area contributed by atoms with Gasteiger partial charge in [0, 0.05) is 20.0 Å². The van der Waals surface area contributed by atoms with Crippen molar-refractivity contribution in [3.63, 3.8) is 0 Å². The van der Waals surface area contributed by atoms with Crippen molar-refractivity contribution in [1.82, 2.24) is 10.6 Å². The van der Waals surface area contributed by atoms with E-state index in [-0.39, 0.29) is 17.2 Å². The molecule has 1 atom stereocenters. The first-order valence-corrected chi connectivity index (χ1v) is 5.03. The zero-order valence-electron chi connectivity index (χ0n) is 9.89. The zero-order valence-corrected chi connectivity index (χ0v) is 9.89. The number of amides is 2. The van der Waals surface area contributed by atoms with Crippen LogP contribution in [0.25, 0.3) is 0 Å². The van der Waals surface area contributed by atoms with Crippen molar-refractivity contribution < 1.29 is 9.59 Å². The van der Waals surface area contributed by atoms with E-state index in [2.05, 4.69) is 10.6 Å². The van der Waals surface area contributed by atoms with Crippen LogP contribution in [0.1, 0.15) is 27.7 Å². The molecule has 0 saturated carbocycles. The third kappa shape index (κ3) is 6.06. The molecule has 5 nitrogen and oxygen atoms in total. The molecule has 0 radical (unpaired) electrons. The number of hydrogen-bond acceptors (Lipinski definition) is 3. The van der Waals surface area contributed by atoms with Crippen LogP contribution < -0.4 is 16.4 Å². The summed E-state index contributed by atoms with van der Waals surface area (Å²) in [5.74, 6) is -0.294. The van der Waals surface area contributed by atoms with E-state index in [1.807, 2.05) is 20.8 Å². The number of carbonyl (C=O) groups is 2. The average molecular weight is 215 g/mol. The topological polar surface area (TPSA) is 84.2 Å². The van der Waals surface area contributed by atoms with Gasteiger partial charge in [-0.2, -0.15) is 0 Å². The second-order valence-corrected chi connectivity index (χ2v) is 4.62. The summed E-state index contributed by atoms with van der Waals surface area (Å²) >= 11 is 0. The predicted octanol–water partition coefficient (Wildman–Crippen LogP) is -0.388. The van der Waals surface area contributed by atoms with E-state index < -0.39 is 6.04 Å². The lowest BCUT2D eigenvalue weighted by molar-refractivity contribution is -0.125. The molecule has 0 aliphatic rings. The van der Waals surface area contributed by atoms with Crippen LogP contribution in [0.4, 0.5) is 0 Å². The van der Waals surface area contributed by atoms with Crippen molar-refractivity contribution in [2.24, 2.45) is 11.1 Å². The molecular weight excluding hydrogens is 194 g/mol. The Labute approximate surface area is 90.8 Å². The second-order valence-electron chi connectivity index (χ2n) is 4.62. The quantitative estimate of drug-likeness (QED) is 0.558. The van der Waals surface area contributed by atoms with E-state index in [1.54, 1.807) is 0 Å². The van der Waals surface area contributed by atoms with Gasteiger partial charge < -0.3 is 16.4 Å². The molecule has 4 N–H and O–H groups in total. The highest BCUT2D eigenvalue weighted by molar-refractivity contribution is 5.82. The Morgan fingerprint density at radius 3 is 2.07 bits per heavy atom. The number of nitrogens with one attached hydrogen (secondary N) is 2. The Kier molecular flexibility index (Phi) is 5.28. The van der Waals surface area contributed by atoms with Gasteiger partial charge in [-0.15, -0.1) is 0 Å². The van der Waals surface area contributed by atoms with Crippen molar-refractivity contribution in [2.75, 3.05) is 13.1 Å². The minimum absolute atomic E-state index is 0.107. The van der Waals surface area contributed by atoms with Gasteiger partial charge in [0.05, 0.1) is 6.04 Å². The van der Waals surface area contributed by atoms with Crippen molar-refractivity contribution in [3.8, 4) is 0 Å². The molecule has 5 heteroatoms. The first-order chi connectivity index (χ1) is 6.75. The normalized spacial score (nSPS) is 13.1. The van der Waals surface area contributed by atoms with Gasteiger partial charge in [0.25, 0.3) is 0 Å². The highest BCUT2D eigenvalue weighted by atomic mass is 16.2. The van der Waals surface area contributed by atoms with E-state index in [0.29, 0.717) is 13.1 Å². The number of nitrogens with two attached hydrogens (primary N) is 1. The molecule has 0 fully saturated rings. The molecule has 0 aliphatic heterocycles. The molecule has 0 bridgehead atoms. The van der Waals surface area contributed by atoms with Crippen molar-refractivity contribution in [2.45, 2.75) is 33.7 Å². The molecule has 0 saturated heterocycles. The van der Waals surface area contributed by atoms with Crippen LogP contribution in [-0.2, 0) is 9.59 Å². The fourth-order valence-electron chi connectivity index (χ4n) is 0.927. The monoisotopic (exact) mass is 215 g/mol. The number of carbonyl (C=O) groups excluding carboxylic acids is 2. The second kappa shape index (κ2) is 5.70. The van der Waals surface area contributed by atoms with Crippen molar-refractivity contribution in [3.05, 3.63) is 0 Å². The summed E-state index contributed by atoms with van der Waals surface area (Å²) < 4.78 is 0. The summed E-state index contributed by atoms with van der Waals surface area (Å²) in [6, 6.07) is -0.533. The molecule has 0 rings (SSSR count). The molecule has 88 valence electrons. The van der Waals surface area contributed by atoms with E-state index in [1.165, 1.54) is 6.92 Å². The van der Waals surface area contributed by atoms with Crippen LogP contribution >= 0.6 is 0 Å². The van der Waals surface area contributed by atoms with Crippen LogP contribution in [0, 0.1) is 5.41 Å². The minimum Gasteiger partial charge on any atom is -0.355 e. The standard InChI is InChI=1S/C10H21N3O2/c1-7(14)12-5-6-13-9(15)8(11)10(2,3)4/h8H,5-6,11H2,1-4H3,(H,12,14)(H,13,15)/t8-/m1/s1. The average Bonchev–Trinajstić information content (AvgIpc) is 2.09. The Morgan fingerprint density at radius 1 is 1.20 bits per heavy atom. The smallest absolute Gasteiger partial charge is 0.237 e. The highest BCUT2D eigenvalue weighted by Crippen LogP contribution is 2.16. The van der Waals surface area contributed by atoms with Gasteiger partial charge in [0.1, 0.15) is 0 Å². The lowest BCUT2D eigenvalue weighted by atomic mass is 9.87. The molecule has 0 aromatic heterocycles. The largest absolute Gasteiger partial charge is 0.355 e. The first kappa shape index (κ1) is 13.9. The van der Waals surface area contributed by atoms with E-state index in [0.717, 1.165) is 0 Å². The predicted molar refractivity (Wildman–Crippen MR) is 59.1 cm³/mol. The summed E-state index contributed by atoms with van der Waals surface area (Å²) in [5.41, 5.74) is 5.49. The van der Waals surface area contributed by atoms with Gasteiger partial charge in [0.15, 0.2) is 0 Å². The lowest BCUT2D eigenvalue weighted by Gasteiger charge is -2.25. The molecule has 15 heavy (non-hydrogen) atoms. The van der Waals surface area contributed by atoms with Crippen LogP contribution in [0.5, 0.6) is 0 Å². The van der Waals surface area contributed by atoms with Crippen molar-refractivity contribution in [1.29, 1.82) is 0 Å². The SMILES string of the molecule is CC(=O)NCCNC(=O)[C@@H](N)C(C)(C)C. The maximum atomic E-state index is 11.5. The summed E-state index contributed by atoms with van der Waals surface area (Å²) in [5, 5.41) is 5.25. The summed E-state index contributed by atoms with van der Waals surface area (Å²) in [4.78, 5) is 22.0. The molecule has 0 spiro atoms. The molecule has 0 unspecified atom stereocenters. The Balaban J connectivity index is 3.80. The zero-order chi connectivity index (χ0) is 12.1. The lowest BCUT2D eigenvalue weighted by Crippen LogP contribution is -2.49. The first-order valence-electron chi connectivity index (χ1n) is 5.03. The molecule has 0 heterocycles. The fourth-order valence-corrected chi connectivity index (χ4v) is 0.927. The number of hydrogen-bond donors (Lipinski definition) is 3. The minimum atomic E-state index is -0.533. The van der Waals surface area contributed by atoms with Crippen LogP contribution in [-0.4, -0.2) is 30.9 Å². The Hall–Kier alpha value is -1.10. The number of rotatable bonds is 4. The van der Waals surface area contributed by atoms with Gasteiger partial charge in [-0.25, -0.2) is 0 Å². The van der Waals surface area contributed by atoms with Gasteiger partial charge in [-0.1, -0.05) is 20.8 Å². The van der Waals surface area contributed by atoms with Gasteiger partial charge in [-0.05, 0) is 5.41 Å². The summed E-state index contributed by atoms with van der Waals surface area (Å²) in [7, 11) is 0. The van der Waals surface area contributed by atoms with Gasteiger partial charge in [0.2, 0.25) is 11.8 Å². The fraction of sp³-hybridized carbons (Fsp3) is 0.800. The molecule has 0 aliphatic carbocycles. The van der Waals surface area contributed by atoms with E-state index in [9.17, 15) is 9.59 Å². The Bertz CT molecular complexity index is 233. The molecular formula is C10H21N3O2. The van der Waals surface area contributed by atoms with E-state index in [4.69, 9.17) is 5.73 Å². The molecule has 0 aromatic carbocycles. The van der Waals surface area contributed by atoms with Crippen LogP contribution in [0.15, 0.2) is 0 Å². The maximum Gasteiger partial charge on any atom is 0.237 e. The molecule has 2 amide bonds. The van der Waals surface area contributed by atoms with Crippen molar-refractivity contribution >= 4 is 11.8 Å².